The molecular weight excluding hydrogens is 276 g/mol. The summed E-state index contributed by atoms with van der Waals surface area (Å²) in [7, 11) is 1.61. The smallest absolute Gasteiger partial charge is 0.300 e. The number of nitrogens with zero attached hydrogens (tertiary/aromatic N) is 2. The molecule has 0 aliphatic heterocycles. The Kier molecular flexibility index (Phi) is 4.69. The van der Waals surface area contributed by atoms with Crippen LogP contribution < -0.4 is 10.6 Å². The molecule has 0 bridgehead atoms. The lowest BCUT2D eigenvalue weighted by atomic mass is 9.92. The van der Waals surface area contributed by atoms with Gasteiger partial charge >= 0.3 is 0 Å². The molecule has 0 saturated heterocycles. The summed E-state index contributed by atoms with van der Waals surface area (Å²) in [5.74, 6) is -0.193. The molecule has 1 fully saturated rings. The quantitative estimate of drug-likeness (QED) is 0.564. The zero-order valence-corrected chi connectivity index (χ0v) is 11.7. The van der Waals surface area contributed by atoms with Gasteiger partial charge in [0.05, 0.1) is 17.1 Å². The number of carbonyl (C=O) groups excluding carboxylic acids is 1. The third-order valence-electron chi connectivity index (χ3n) is 3.63. The lowest BCUT2D eigenvalue weighted by Gasteiger charge is -2.28. The molecule has 21 heavy (non-hydrogen) atoms. The van der Waals surface area contributed by atoms with Gasteiger partial charge in [0.2, 0.25) is 0 Å². The zero-order chi connectivity index (χ0) is 15.4. The van der Waals surface area contributed by atoms with E-state index in [0.717, 1.165) is 19.0 Å². The van der Waals surface area contributed by atoms with Crippen LogP contribution in [0.2, 0.25) is 0 Å². The summed E-state index contributed by atoms with van der Waals surface area (Å²) in [6, 6.07) is 0.972. The molecule has 0 aromatic carbocycles. The highest BCUT2D eigenvalue weighted by Gasteiger charge is 2.28. The van der Waals surface area contributed by atoms with Crippen LogP contribution in [0.3, 0.4) is 0 Å². The predicted molar refractivity (Wildman–Crippen MR) is 76.2 cm³/mol. The normalized spacial score (nSPS) is 21.6. The first kappa shape index (κ1) is 15.2. The van der Waals surface area contributed by atoms with Crippen LogP contribution in [-0.2, 0) is 0 Å². The highest BCUT2D eigenvalue weighted by atomic mass is 16.6. The summed E-state index contributed by atoms with van der Waals surface area (Å²) in [4.78, 5) is 26.5. The molecule has 3 N–H and O–H groups in total. The van der Waals surface area contributed by atoms with Crippen LogP contribution in [0.15, 0.2) is 12.3 Å². The number of rotatable bonds is 4. The maximum atomic E-state index is 12.3. The Morgan fingerprint density at radius 1 is 1.48 bits per heavy atom. The Labute approximate surface area is 121 Å². The van der Waals surface area contributed by atoms with Gasteiger partial charge in [-0.15, -0.1) is 0 Å². The van der Waals surface area contributed by atoms with E-state index in [9.17, 15) is 20.0 Å². The summed E-state index contributed by atoms with van der Waals surface area (Å²) in [5.41, 5.74) is -0.408. The lowest BCUT2D eigenvalue weighted by Crippen LogP contribution is -2.45. The second-order valence-electron chi connectivity index (χ2n) is 5.03. The van der Waals surface area contributed by atoms with E-state index in [1.807, 2.05) is 0 Å². The number of nitro groups is 1. The maximum Gasteiger partial charge on any atom is 0.300 e. The summed E-state index contributed by atoms with van der Waals surface area (Å²) in [6.45, 7) is 0. The molecule has 1 aliphatic carbocycles. The monoisotopic (exact) mass is 294 g/mol. The molecule has 1 amide bonds. The van der Waals surface area contributed by atoms with Crippen molar-refractivity contribution in [3.63, 3.8) is 0 Å². The van der Waals surface area contributed by atoms with Crippen LogP contribution in [0.5, 0.6) is 0 Å². The lowest BCUT2D eigenvalue weighted by molar-refractivity contribution is -0.385. The van der Waals surface area contributed by atoms with Gasteiger partial charge < -0.3 is 15.7 Å². The van der Waals surface area contributed by atoms with Crippen molar-refractivity contribution in [2.24, 2.45) is 0 Å². The molecule has 8 nitrogen and oxygen atoms in total. The number of hydrogen-bond acceptors (Lipinski definition) is 6. The number of aliphatic hydroxyl groups is 1. The Morgan fingerprint density at radius 3 is 2.81 bits per heavy atom. The summed E-state index contributed by atoms with van der Waals surface area (Å²) in [5, 5.41) is 26.3. The van der Waals surface area contributed by atoms with Crippen LogP contribution >= 0.6 is 0 Å². The minimum atomic E-state index is -0.640. The van der Waals surface area contributed by atoms with Crippen molar-refractivity contribution in [1.82, 2.24) is 10.3 Å². The van der Waals surface area contributed by atoms with Gasteiger partial charge in [0, 0.05) is 13.1 Å². The van der Waals surface area contributed by atoms with Crippen LogP contribution in [0, 0.1) is 10.1 Å². The average molecular weight is 294 g/mol. The van der Waals surface area contributed by atoms with Gasteiger partial charge in [-0.25, -0.2) is 4.98 Å². The number of pyridine rings is 1. The van der Waals surface area contributed by atoms with Gasteiger partial charge in [0.25, 0.3) is 11.6 Å². The van der Waals surface area contributed by atoms with Gasteiger partial charge in [-0.2, -0.15) is 0 Å². The minimum absolute atomic E-state index is 0.0582. The van der Waals surface area contributed by atoms with Crippen molar-refractivity contribution in [2.75, 3.05) is 12.4 Å². The van der Waals surface area contributed by atoms with E-state index >= 15 is 0 Å². The van der Waals surface area contributed by atoms with Crippen LogP contribution in [0.4, 0.5) is 11.5 Å². The summed E-state index contributed by atoms with van der Waals surface area (Å²) < 4.78 is 0. The second kappa shape index (κ2) is 6.49. The maximum absolute atomic E-state index is 12.3. The fourth-order valence-corrected chi connectivity index (χ4v) is 2.44. The molecule has 2 unspecified atom stereocenters. The Morgan fingerprint density at radius 2 is 2.19 bits per heavy atom. The van der Waals surface area contributed by atoms with E-state index in [4.69, 9.17) is 0 Å². The zero-order valence-electron chi connectivity index (χ0n) is 11.7. The number of nitrogens with one attached hydrogen (secondary N) is 2. The first-order valence-electron chi connectivity index (χ1n) is 6.84. The Balaban J connectivity index is 2.22. The Hall–Kier alpha value is -2.22. The fourth-order valence-electron chi connectivity index (χ4n) is 2.44. The first-order valence-corrected chi connectivity index (χ1v) is 6.84. The number of hydrogen-bond donors (Lipinski definition) is 3. The molecule has 2 rings (SSSR count). The fraction of sp³-hybridized carbons (Fsp3) is 0.538. The van der Waals surface area contributed by atoms with E-state index in [2.05, 4.69) is 15.6 Å². The van der Waals surface area contributed by atoms with Gasteiger partial charge in [-0.1, -0.05) is 12.8 Å². The number of aliphatic hydroxyl groups excluding tert-OH is 1. The van der Waals surface area contributed by atoms with Crippen molar-refractivity contribution in [2.45, 2.75) is 37.8 Å². The molecule has 1 saturated carbocycles. The van der Waals surface area contributed by atoms with E-state index < -0.39 is 16.9 Å². The molecular formula is C13H18N4O4. The predicted octanol–water partition coefficient (Wildman–Crippen LogP) is 1.06. The molecule has 2 atom stereocenters. The largest absolute Gasteiger partial charge is 0.391 e. The van der Waals surface area contributed by atoms with Gasteiger partial charge in [-0.05, 0) is 12.8 Å². The van der Waals surface area contributed by atoms with E-state index in [-0.39, 0.29) is 17.3 Å². The standard InChI is InChI=1S/C13H18N4O4/c1-14-12-6-8(10(7-15-12)17(20)21)13(19)16-9-4-2-3-5-11(9)18/h6-7,9,11,18H,2-5H2,1H3,(H,14,15)(H,16,19). The van der Waals surface area contributed by atoms with E-state index in [1.54, 1.807) is 7.05 Å². The van der Waals surface area contributed by atoms with Crippen LogP contribution in [0.25, 0.3) is 0 Å². The van der Waals surface area contributed by atoms with Gasteiger partial charge in [0.1, 0.15) is 17.6 Å². The van der Waals surface area contributed by atoms with Crippen molar-refractivity contribution < 1.29 is 14.8 Å². The molecule has 1 aromatic heterocycles. The van der Waals surface area contributed by atoms with Crippen molar-refractivity contribution in [1.29, 1.82) is 0 Å². The van der Waals surface area contributed by atoms with Crippen molar-refractivity contribution >= 4 is 17.4 Å². The third-order valence-corrected chi connectivity index (χ3v) is 3.63. The topological polar surface area (TPSA) is 117 Å². The highest BCUT2D eigenvalue weighted by Crippen LogP contribution is 2.22. The molecule has 1 aromatic rings. The number of anilines is 1. The molecule has 1 aliphatic rings. The Bertz CT molecular complexity index is 549. The van der Waals surface area contributed by atoms with Crippen LogP contribution in [0.1, 0.15) is 36.0 Å². The molecule has 0 spiro atoms. The average Bonchev–Trinajstić information content (AvgIpc) is 2.48. The molecule has 8 heteroatoms. The van der Waals surface area contributed by atoms with Crippen LogP contribution in [-0.4, -0.2) is 40.1 Å². The molecule has 114 valence electrons. The number of amides is 1. The third kappa shape index (κ3) is 3.46. The van der Waals surface area contributed by atoms with Gasteiger partial charge in [-0.3, -0.25) is 14.9 Å². The van der Waals surface area contributed by atoms with Crippen molar-refractivity contribution in [3.05, 3.63) is 27.9 Å². The number of aromatic nitrogens is 1. The van der Waals surface area contributed by atoms with E-state index in [0.29, 0.717) is 18.7 Å². The summed E-state index contributed by atoms with van der Waals surface area (Å²) >= 11 is 0. The SMILES string of the molecule is CNc1cc(C(=O)NC2CCCCC2O)c([N+](=O)[O-])cn1. The van der Waals surface area contributed by atoms with E-state index in [1.165, 1.54) is 6.07 Å². The van der Waals surface area contributed by atoms with Gasteiger partial charge in [0.15, 0.2) is 0 Å². The highest BCUT2D eigenvalue weighted by molar-refractivity contribution is 5.98. The molecule has 0 radical (unpaired) electrons. The molecule has 1 heterocycles. The second-order valence-corrected chi connectivity index (χ2v) is 5.03. The minimum Gasteiger partial charge on any atom is -0.391 e. The summed E-state index contributed by atoms with van der Waals surface area (Å²) in [6.07, 6.45) is 3.59. The number of carbonyl (C=O) groups is 1. The van der Waals surface area contributed by atoms with Crippen molar-refractivity contribution in [3.8, 4) is 0 Å². The first-order chi connectivity index (χ1) is 10.0.